The van der Waals surface area contributed by atoms with Gasteiger partial charge in [-0.2, -0.15) is 4.98 Å². The summed E-state index contributed by atoms with van der Waals surface area (Å²) in [4.78, 5) is 16.4. The highest BCUT2D eigenvalue weighted by atomic mass is 35.5. The number of benzene rings is 2. The molecule has 0 saturated heterocycles. The van der Waals surface area contributed by atoms with Gasteiger partial charge < -0.3 is 14.6 Å². The molecule has 0 spiro atoms. The number of hydrogen-bond donors (Lipinski definition) is 1. The zero-order valence-electron chi connectivity index (χ0n) is 13.5. The van der Waals surface area contributed by atoms with Gasteiger partial charge in [-0.1, -0.05) is 35.0 Å². The number of halogens is 1. The topological polar surface area (TPSA) is 77.3 Å². The van der Waals surface area contributed by atoms with Crippen LogP contribution in [0.1, 0.15) is 16.2 Å². The molecule has 0 bridgehead atoms. The van der Waals surface area contributed by atoms with Crippen LogP contribution in [0.15, 0.2) is 53.1 Å². The van der Waals surface area contributed by atoms with Crippen LogP contribution in [0.4, 0.5) is 0 Å². The van der Waals surface area contributed by atoms with Crippen molar-refractivity contribution >= 4 is 17.5 Å². The van der Waals surface area contributed by atoms with Crippen molar-refractivity contribution in [3.05, 3.63) is 65.0 Å². The fourth-order valence-electron chi connectivity index (χ4n) is 2.25. The second kappa shape index (κ2) is 7.81. The normalized spacial score (nSPS) is 10.5. The molecule has 0 aliphatic rings. The van der Waals surface area contributed by atoms with Crippen molar-refractivity contribution < 1.29 is 14.1 Å². The van der Waals surface area contributed by atoms with E-state index >= 15 is 0 Å². The van der Waals surface area contributed by atoms with E-state index in [0.717, 1.165) is 11.3 Å². The van der Waals surface area contributed by atoms with E-state index in [1.807, 2.05) is 24.3 Å². The summed E-state index contributed by atoms with van der Waals surface area (Å²) in [5.74, 6) is 1.45. The van der Waals surface area contributed by atoms with Gasteiger partial charge in [-0.25, -0.2) is 0 Å². The predicted octanol–water partition coefficient (Wildman–Crippen LogP) is 3.37. The largest absolute Gasteiger partial charge is 0.497 e. The molecule has 3 aromatic rings. The fraction of sp³-hybridized carbons (Fsp3) is 0.167. The third kappa shape index (κ3) is 4.36. The van der Waals surface area contributed by atoms with Crippen LogP contribution >= 0.6 is 11.6 Å². The van der Waals surface area contributed by atoms with Gasteiger partial charge in [0.2, 0.25) is 11.7 Å². The Balaban J connectivity index is 1.57. The SMILES string of the molecule is COc1cccc(-c2noc(CCNC(=O)c3cccc(Cl)c3)n2)c1. The highest BCUT2D eigenvalue weighted by Gasteiger charge is 2.10. The number of methoxy groups -OCH3 is 1. The molecule has 25 heavy (non-hydrogen) atoms. The van der Waals surface area contributed by atoms with Gasteiger partial charge in [0.15, 0.2) is 0 Å². The van der Waals surface area contributed by atoms with Crippen molar-refractivity contribution in [2.24, 2.45) is 0 Å². The van der Waals surface area contributed by atoms with Gasteiger partial charge in [0.1, 0.15) is 5.75 Å². The molecule has 1 heterocycles. The van der Waals surface area contributed by atoms with E-state index in [2.05, 4.69) is 15.5 Å². The summed E-state index contributed by atoms with van der Waals surface area (Å²) in [6.45, 7) is 0.380. The number of ether oxygens (including phenoxy) is 1. The molecular weight excluding hydrogens is 342 g/mol. The Hall–Kier alpha value is -2.86. The van der Waals surface area contributed by atoms with Crippen LogP contribution in [0.25, 0.3) is 11.4 Å². The minimum absolute atomic E-state index is 0.199. The average molecular weight is 358 g/mol. The monoisotopic (exact) mass is 357 g/mol. The molecule has 0 atom stereocenters. The summed E-state index contributed by atoms with van der Waals surface area (Å²) in [6.07, 6.45) is 0.434. The second-order valence-corrected chi connectivity index (χ2v) is 5.70. The molecule has 3 rings (SSSR count). The van der Waals surface area contributed by atoms with Crippen LogP contribution in [-0.4, -0.2) is 29.7 Å². The van der Waals surface area contributed by atoms with Crippen molar-refractivity contribution in [2.75, 3.05) is 13.7 Å². The first-order valence-corrected chi connectivity index (χ1v) is 8.04. The van der Waals surface area contributed by atoms with E-state index in [1.54, 1.807) is 31.4 Å². The molecule has 0 aliphatic carbocycles. The minimum Gasteiger partial charge on any atom is -0.497 e. The molecule has 7 heteroatoms. The smallest absolute Gasteiger partial charge is 0.251 e. The predicted molar refractivity (Wildman–Crippen MR) is 93.8 cm³/mol. The molecule has 1 N–H and O–H groups in total. The number of rotatable bonds is 6. The lowest BCUT2D eigenvalue weighted by Gasteiger charge is -2.03. The molecule has 0 saturated carbocycles. The number of aromatic nitrogens is 2. The van der Waals surface area contributed by atoms with Crippen LogP contribution in [0.5, 0.6) is 5.75 Å². The van der Waals surface area contributed by atoms with Crippen LogP contribution in [0.3, 0.4) is 0 Å². The quantitative estimate of drug-likeness (QED) is 0.731. The maximum absolute atomic E-state index is 12.0. The second-order valence-electron chi connectivity index (χ2n) is 5.26. The fourth-order valence-corrected chi connectivity index (χ4v) is 2.44. The number of carbonyl (C=O) groups excluding carboxylic acids is 1. The zero-order valence-corrected chi connectivity index (χ0v) is 14.3. The summed E-state index contributed by atoms with van der Waals surface area (Å²) in [5.41, 5.74) is 1.31. The van der Waals surface area contributed by atoms with Gasteiger partial charge in [-0.05, 0) is 30.3 Å². The molecule has 0 aliphatic heterocycles. The van der Waals surface area contributed by atoms with Gasteiger partial charge >= 0.3 is 0 Å². The molecule has 0 unspecified atom stereocenters. The molecule has 6 nitrogen and oxygen atoms in total. The first kappa shape index (κ1) is 17.0. The van der Waals surface area contributed by atoms with Crippen molar-refractivity contribution in [1.82, 2.24) is 15.5 Å². The lowest BCUT2D eigenvalue weighted by molar-refractivity contribution is 0.0953. The minimum atomic E-state index is -0.199. The molecule has 0 radical (unpaired) electrons. The van der Waals surface area contributed by atoms with Crippen LogP contribution in [0.2, 0.25) is 5.02 Å². The maximum atomic E-state index is 12.0. The highest BCUT2D eigenvalue weighted by molar-refractivity contribution is 6.30. The van der Waals surface area contributed by atoms with Crippen LogP contribution in [0, 0.1) is 0 Å². The third-order valence-electron chi connectivity index (χ3n) is 3.51. The van der Waals surface area contributed by atoms with E-state index in [4.69, 9.17) is 20.9 Å². The van der Waals surface area contributed by atoms with Crippen LogP contribution in [-0.2, 0) is 6.42 Å². The van der Waals surface area contributed by atoms with Crippen molar-refractivity contribution in [1.29, 1.82) is 0 Å². The molecule has 128 valence electrons. The zero-order chi connectivity index (χ0) is 17.6. The summed E-state index contributed by atoms with van der Waals surface area (Å²) in [5, 5.41) is 7.27. The van der Waals surface area contributed by atoms with Crippen molar-refractivity contribution in [3.63, 3.8) is 0 Å². The van der Waals surface area contributed by atoms with Gasteiger partial charge in [-0.15, -0.1) is 0 Å². The molecular formula is C18H16ClN3O3. The summed E-state index contributed by atoms with van der Waals surface area (Å²) < 4.78 is 10.4. The van der Waals surface area contributed by atoms with Gasteiger partial charge in [0.25, 0.3) is 5.91 Å². The Morgan fingerprint density at radius 2 is 2.08 bits per heavy atom. The highest BCUT2D eigenvalue weighted by Crippen LogP contribution is 2.21. The summed E-state index contributed by atoms with van der Waals surface area (Å²) in [6, 6.07) is 14.2. The Morgan fingerprint density at radius 3 is 2.88 bits per heavy atom. The van der Waals surface area contributed by atoms with Crippen molar-refractivity contribution in [3.8, 4) is 17.1 Å². The Kier molecular flexibility index (Phi) is 5.30. The molecule has 2 aromatic carbocycles. The maximum Gasteiger partial charge on any atom is 0.251 e. The Labute approximate surface area is 149 Å². The summed E-state index contributed by atoms with van der Waals surface area (Å²) in [7, 11) is 1.60. The first-order valence-electron chi connectivity index (χ1n) is 7.66. The lowest BCUT2D eigenvalue weighted by atomic mass is 10.2. The number of carbonyl (C=O) groups is 1. The van der Waals surface area contributed by atoms with Gasteiger partial charge in [-0.3, -0.25) is 4.79 Å². The molecule has 1 aromatic heterocycles. The lowest BCUT2D eigenvalue weighted by Crippen LogP contribution is -2.25. The third-order valence-corrected chi connectivity index (χ3v) is 3.74. The Bertz CT molecular complexity index is 879. The van der Waals surface area contributed by atoms with E-state index in [-0.39, 0.29) is 5.91 Å². The summed E-state index contributed by atoms with van der Waals surface area (Å²) >= 11 is 5.88. The number of nitrogens with zero attached hydrogens (tertiary/aromatic N) is 2. The Morgan fingerprint density at radius 1 is 1.24 bits per heavy atom. The number of amides is 1. The number of nitrogens with one attached hydrogen (secondary N) is 1. The molecule has 0 fully saturated rings. The van der Waals surface area contributed by atoms with Crippen molar-refractivity contribution in [2.45, 2.75) is 6.42 Å². The molecule has 1 amide bonds. The van der Waals surface area contributed by atoms with Crippen LogP contribution < -0.4 is 10.1 Å². The van der Waals surface area contributed by atoms with E-state index in [1.165, 1.54) is 0 Å². The van der Waals surface area contributed by atoms with Gasteiger partial charge in [0, 0.05) is 29.1 Å². The standard InChI is InChI=1S/C18H16ClN3O3/c1-24-15-7-3-4-12(11-15)17-21-16(25-22-17)8-9-20-18(23)13-5-2-6-14(19)10-13/h2-7,10-11H,8-9H2,1H3,(H,20,23). The van der Waals surface area contributed by atoms with E-state index in [0.29, 0.717) is 35.3 Å². The van der Waals surface area contributed by atoms with E-state index < -0.39 is 0 Å². The number of hydrogen-bond acceptors (Lipinski definition) is 5. The van der Waals surface area contributed by atoms with E-state index in [9.17, 15) is 4.79 Å². The van der Waals surface area contributed by atoms with Gasteiger partial charge in [0.05, 0.1) is 7.11 Å². The average Bonchev–Trinajstić information content (AvgIpc) is 3.10. The first-order chi connectivity index (χ1) is 12.2.